The minimum Gasteiger partial charge on any atom is -0.388 e. The average molecular weight is 273 g/mol. The van der Waals surface area contributed by atoms with Crippen molar-refractivity contribution in [3.8, 4) is 6.07 Å². The van der Waals surface area contributed by atoms with Crippen LogP contribution in [-0.4, -0.2) is 49.3 Å². The molecule has 4 heteroatoms. The Balaban J connectivity index is 2.33. The molecule has 0 saturated heterocycles. The molecule has 0 amide bonds. The van der Waals surface area contributed by atoms with Gasteiger partial charge in [0.15, 0.2) is 0 Å². The van der Waals surface area contributed by atoms with Gasteiger partial charge in [0.05, 0.1) is 17.2 Å². The van der Waals surface area contributed by atoms with Crippen LogP contribution in [0.1, 0.15) is 18.1 Å². The molecule has 108 valence electrons. The van der Waals surface area contributed by atoms with Crippen LogP contribution < -0.4 is 5.32 Å². The third-order valence-electron chi connectivity index (χ3n) is 2.77. The Morgan fingerprint density at radius 3 is 2.55 bits per heavy atom. The largest absolute Gasteiger partial charge is 0.388 e. The zero-order valence-electron chi connectivity index (χ0n) is 12.4. The SMILES string of the molecule is CN(C)CC(C)(O)CNC/C=C/c1ccc(C#N)cc1. The van der Waals surface area contributed by atoms with Crippen LogP contribution in [0.3, 0.4) is 0 Å². The number of aliphatic hydroxyl groups is 1. The Labute approximate surface area is 121 Å². The second-order valence-electron chi connectivity index (χ2n) is 5.50. The van der Waals surface area contributed by atoms with E-state index < -0.39 is 5.60 Å². The molecule has 0 aliphatic carbocycles. The van der Waals surface area contributed by atoms with Gasteiger partial charge in [-0.1, -0.05) is 24.3 Å². The third kappa shape index (κ3) is 6.48. The van der Waals surface area contributed by atoms with Gasteiger partial charge in [0.1, 0.15) is 0 Å². The fourth-order valence-electron chi connectivity index (χ4n) is 2.03. The lowest BCUT2D eigenvalue weighted by Gasteiger charge is -2.26. The highest BCUT2D eigenvalue weighted by Crippen LogP contribution is 2.05. The van der Waals surface area contributed by atoms with Crippen molar-refractivity contribution in [2.75, 3.05) is 33.7 Å². The summed E-state index contributed by atoms with van der Waals surface area (Å²) < 4.78 is 0. The quantitative estimate of drug-likeness (QED) is 0.739. The third-order valence-corrected chi connectivity index (χ3v) is 2.77. The Kier molecular flexibility index (Phi) is 6.40. The zero-order valence-corrected chi connectivity index (χ0v) is 12.4. The lowest BCUT2D eigenvalue weighted by atomic mass is 10.1. The number of nitrogens with one attached hydrogen (secondary N) is 1. The van der Waals surface area contributed by atoms with Crippen molar-refractivity contribution < 1.29 is 5.11 Å². The van der Waals surface area contributed by atoms with E-state index in [4.69, 9.17) is 5.26 Å². The van der Waals surface area contributed by atoms with Gasteiger partial charge in [0.2, 0.25) is 0 Å². The Bertz CT molecular complexity index is 469. The molecule has 0 aliphatic rings. The van der Waals surface area contributed by atoms with Gasteiger partial charge in [0.25, 0.3) is 0 Å². The predicted octanol–water partition coefficient (Wildman–Crippen LogP) is 1.47. The number of likely N-dealkylation sites (N-methyl/N-ethyl adjacent to an activating group) is 1. The fraction of sp³-hybridized carbons (Fsp3) is 0.438. The summed E-state index contributed by atoms with van der Waals surface area (Å²) in [5.41, 5.74) is 0.997. The number of hydrogen-bond acceptors (Lipinski definition) is 4. The summed E-state index contributed by atoms with van der Waals surface area (Å²) in [5, 5.41) is 22.0. The van der Waals surface area contributed by atoms with Crippen LogP contribution in [-0.2, 0) is 0 Å². The minimum atomic E-state index is -0.730. The molecule has 0 spiro atoms. The maximum Gasteiger partial charge on any atom is 0.0991 e. The summed E-state index contributed by atoms with van der Waals surface area (Å²) in [6, 6.07) is 9.52. The van der Waals surface area contributed by atoms with Gasteiger partial charge < -0.3 is 15.3 Å². The van der Waals surface area contributed by atoms with E-state index >= 15 is 0 Å². The molecule has 1 aromatic carbocycles. The maximum absolute atomic E-state index is 10.1. The van der Waals surface area contributed by atoms with Crippen LogP contribution in [0.4, 0.5) is 0 Å². The molecule has 0 saturated carbocycles. The molecule has 0 radical (unpaired) electrons. The molecule has 1 atom stereocenters. The van der Waals surface area contributed by atoms with Crippen molar-refractivity contribution >= 4 is 6.08 Å². The lowest BCUT2D eigenvalue weighted by Crippen LogP contribution is -2.45. The van der Waals surface area contributed by atoms with E-state index in [1.54, 1.807) is 12.1 Å². The summed E-state index contributed by atoms with van der Waals surface area (Å²) in [7, 11) is 3.89. The van der Waals surface area contributed by atoms with Gasteiger partial charge in [-0.05, 0) is 38.7 Å². The number of hydrogen-bond donors (Lipinski definition) is 2. The van der Waals surface area contributed by atoms with Crippen LogP contribution in [0, 0.1) is 11.3 Å². The number of nitriles is 1. The highest BCUT2D eigenvalue weighted by Gasteiger charge is 2.19. The summed E-state index contributed by atoms with van der Waals surface area (Å²) in [6.45, 7) is 3.69. The van der Waals surface area contributed by atoms with Gasteiger partial charge in [-0.3, -0.25) is 0 Å². The normalized spacial score (nSPS) is 14.4. The standard InChI is InChI=1S/C16H23N3O/c1-16(20,13-19(2)3)12-18-10-4-5-14-6-8-15(11-17)9-7-14/h4-9,18,20H,10,12-13H2,1-3H3/b5-4+. The first-order chi connectivity index (χ1) is 9.43. The average Bonchev–Trinajstić information content (AvgIpc) is 2.37. The zero-order chi connectivity index (χ0) is 15.0. The molecule has 0 aliphatic heterocycles. The van der Waals surface area contributed by atoms with Crippen LogP contribution >= 0.6 is 0 Å². The fourth-order valence-corrected chi connectivity index (χ4v) is 2.03. The predicted molar refractivity (Wildman–Crippen MR) is 82.2 cm³/mol. The molecule has 20 heavy (non-hydrogen) atoms. The molecule has 2 N–H and O–H groups in total. The van der Waals surface area contributed by atoms with Crippen LogP contribution in [0.2, 0.25) is 0 Å². The first-order valence-electron chi connectivity index (χ1n) is 6.67. The molecule has 4 nitrogen and oxygen atoms in total. The number of nitrogens with zero attached hydrogens (tertiary/aromatic N) is 2. The van der Waals surface area contributed by atoms with E-state index in [2.05, 4.69) is 11.4 Å². The van der Waals surface area contributed by atoms with E-state index in [-0.39, 0.29) is 0 Å². The Hall–Kier alpha value is -1.67. The van der Waals surface area contributed by atoms with Crippen molar-refractivity contribution in [2.24, 2.45) is 0 Å². The van der Waals surface area contributed by atoms with E-state index in [0.717, 1.165) is 5.56 Å². The van der Waals surface area contributed by atoms with Gasteiger partial charge in [-0.2, -0.15) is 5.26 Å². The molecule has 0 aromatic heterocycles. The Morgan fingerprint density at radius 1 is 1.35 bits per heavy atom. The molecule has 0 heterocycles. The lowest BCUT2D eigenvalue weighted by molar-refractivity contribution is 0.0347. The van der Waals surface area contributed by atoms with Crippen molar-refractivity contribution in [3.63, 3.8) is 0 Å². The maximum atomic E-state index is 10.1. The first kappa shape index (κ1) is 16.4. The topological polar surface area (TPSA) is 59.3 Å². The van der Waals surface area contributed by atoms with Crippen LogP contribution in [0.25, 0.3) is 6.08 Å². The summed E-state index contributed by atoms with van der Waals surface area (Å²) in [4.78, 5) is 1.97. The van der Waals surface area contributed by atoms with Crippen LogP contribution in [0.15, 0.2) is 30.3 Å². The van der Waals surface area contributed by atoms with Gasteiger partial charge in [-0.25, -0.2) is 0 Å². The molecule has 1 unspecified atom stereocenters. The second kappa shape index (κ2) is 7.81. The first-order valence-corrected chi connectivity index (χ1v) is 6.67. The molecule has 1 aromatic rings. The van der Waals surface area contributed by atoms with Crippen molar-refractivity contribution in [2.45, 2.75) is 12.5 Å². The summed E-state index contributed by atoms with van der Waals surface area (Å²) in [6.07, 6.45) is 4.00. The van der Waals surface area contributed by atoms with E-state index in [9.17, 15) is 5.11 Å². The van der Waals surface area contributed by atoms with Gasteiger partial charge in [-0.15, -0.1) is 0 Å². The molecule has 0 bridgehead atoms. The molecular weight excluding hydrogens is 250 g/mol. The van der Waals surface area contributed by atoms with Gasteiger partial charge in [0, 0.05) is 19.6 Å². The van der Waals surface area contributed by atoms with Gasteiger partial charge >= 0.3 is 0 Å². The van der Waals surface area contributed by atoms with Crippen LogP contribution in [0.5, 0.6) is 0 Å². The smallest absolute Gasteiger partial charge is 0.0991 e. The highest BCUT2D eigenvalue weighted by atomic mass is 16.3. The van der Waals surface area contributed by atoms with Crippen molar-refractivity contribution in [1.82, 2.24) is 10.2 Å². The van der Waals surface area contributed by atoms with E-state index in [0.29, 0.717) is 25.2 Å². The van der Waals surface area contributed by atoms with E-state index in [1.807, 2.05) is 50.2 Å². The summed E-state index contributed by atoms with van der Waals surface area (Å²) >= 11 is 0. The molecule has 0 fully saturated rings. The number of rotatable bonds is 7. The Morgan fingerprint density at radius 2 is 2.00 bits per heavy atom. The minimum absolute atomic E-state index is 0.545. The highest BCUT2D eigenvalue weighted by molar-refractivity contribution is 5.51. The van der Waals surface area contributed by atoms with E-state index in [1.165, 1.54) is 0 Å². The summed E-state index contributed by atoms with van der Waals surface area (Å²) in [5.74, 6) is 0. The molecule has 1 rings (SSSR count). The molecular formula is C16H23N3O. The second-order valence-corrected chi connectivity index (χ2v) is 5.50. The van der Waals surface area contributed by atoms with Crippen molar-refractivity contribution in [1.29, 1.82) is 5.26 Å². The number of benzene rings is 1. The monoisotopic (exact) mass is 273 g/mol. The van der Waals surface area contributed by atoms with Crippen molar-refractivity contribution in [3.05, 3.63) is 41.5 Å².